The Morgan fingerprint density at radius 1 is 1.04 bits per heavy atom. The minimum atomic E-state index is 0.591. The number of aromatic nitrogens is 2. The fourth-order valence-electron chi connectivity index (χ4n) is 3.01. The lowest BCUT2D eigenvalue weighted by atomic mass is 10.1. The normalized spacial score (nSPS) is 15.2. The molecule has 0 aromatic carbocycles. The molecule has 3 aromatic heterocycles. The summed E-state index contributed by atoms with van der Waals surface area (Å²) in [5, 5.41) is 3.31. The second-order valence-corrected chi connectivity index (χ2v) is 6.14. The van der Waals surface area contributed by atoms with Gasteiger partial charge in [-0.2, -0.15) is 0 Å². The third-order valence-corrected chi connectivity index (χ3v) is 4.37. The Balaban J connectivity index is 1.43. The number of morpholine rings is 1. The smallest absolute Gasteiger partial charge is 0.223 e. The van der Waals surface area contributed by atoms with Crippen molar-refractivity contribution in [3.63, 3.8) is 0 Å². The summed E-state index contributed by atoms with van der Waals surface area (Å²) >= 11 is 0. The van der Waals surface area contributed by atoms with Crippen LogP contribution >= 0.6 is 0 Å². The number of furan rings is 2. The second-order valence-electron chi connectivity index (χ2n) is 6.14. The molecule has 1 N–H and O–H groups in total. The van der Waals surface area contributed by atoms with Gasteiger partial charge in [0, 0.05) is 25.8 Å². The summed E-state index contributed by atoms with van der Waals surface area (Å²) in [7, 11) is 0. The van der Waals surface area contributed by atoms with E-state index in [-0.39, 0.29) is 0 Å². The van der Waals surface area contributed by atoms with Gasteiger partial charge in [-0.05, 0) is 37.2 Å². The van der Waals surface area contributed by atoms with Crippen LogP contribution in [0, 0.1) is 0 Å². The average Bonchev–Trinajstić information content (AvgIpc) is 3.40. The van der Waals surface area contributed by atoms with E-state index < -0.39 is 0 Å². The molecule has 0 unspecified atom stereocenters. The molecule has 26 heavy (non-hydrogen) atoms. The molecule has 0 aliphatic carbocycles. The number of ether oxygens (including phenoxy) is 1. The maximum atomic E-state index is 5.54. The maximum Gasteiger partial charge on any atom is 0.223 e. The van der Waals surface area contributed by atoms with E-state index in [9.17, 15) is 0 Å². The Labute approximate surface area is 152 Å². The van der Waals surface area contributed by atoms with Crippen LogP contribution in [0.1, 0.15) is 6.42 Å². The van der Waals surface area contributed by atoms with Gasteiger partial charge in [-0.25, -0.2) is 9.97 Å². The Hall–Kier alpha value is -2.64. The molecule has 136 valence electrons. The van der Waals surface area contributed by atoms with E-state index in [1.165, 1.54) is 0 Å². The summed E-state index contributed by atoms with van der Waals surface area (Å²) in [5.41, 5.74) is 1.53. The number of nitrogens with zero attached hydrogens (tertiary/aromatic N) is 3. The van der Waals surface area contributed by atoms with Gasteiger partial charge in [-0.3, -0.25) is 4.90 Å². The van der Waals surface area contributed by atoms with Gasteiger partial charge in [0.15, 0.2) is 5.76 Å². The lowest BCUT2D eigenvalue weighted by molar-refractivity contribution is 0.0378. The van der Waals surface area contributed by atoms with Crippen LogP contribution in [0.3, 0.4) is 0 Å². The minimum absolute atomic E-state index is 0.591. The highest BCUT2D eigenvalue weighted by Crippen LogP contribution is 2.31. The maximum absolute atomic E-state index is 5.54. The van der Waals surface area contributed by atoms with Crippen LogP contribution < -0.4 is 5.32 Å². The lowest BCUT2D eigenvalue weighted by Gasteiger charge is -2.26. The first kappa shape index (κ1) is 16.8. The van der Waals surface area contributed by atoms with E-state index in [2.05, 4.69) is 20.2 Å². The number of nitrogens with one attached hydrogen (secondary N) is 1. The van der Waals surface area contributed by atoms with Crippen LogP contribution in [0.25, 0.3) is 22.8 Å². The Kier molecular flexibility index (Phi) is 5.27. The molecule has 0 radical (unpaired) electrons. The zero-order valence-electron chi connectivity index (χ0n) is 14.6. The largest absolute Gasteiger partial charge is 0.464 e. The fraction of sp³-hybridized carbons (Fsp3) is 0.368. The molecule has 7 heteroatoms. The van der Waals surface area contributed by atoms with Crippen molar-refractivity contribution in [1.82, 2.24) is 14.9 Å². The molecule has 1 aliphatic heterocycles. The minimum Gasteiger partial charge on any atom is -0.464 e. The van der Waals surface area contributed by atoms with Gasteiger partial charge in [-0.15, -0.1) is 0 Å². The van der Waals surface area contributed by atoms with Crippen molar-refractivity contribution in [3.8, 4) is 22.8 Å². The standard InChI is InChI=1S/C19H22N4O3/c1-4-16(25-10-1)15-14-21-19(22-18(15)17-5-2-11-26-17)20-6-3-7-23-8-12-24-13-9-23/h1-2,4-5,10-11,14H,3,6-9,12-13H2,(H,20,21,22). The van der Waals surface area contributed by atoms with Gasteiger partial charge < -0.3 is 18.9 Å². The van der Waals surface area contributed by atoms with E-state index in [1.54, 1.807) is 18.7 Å². The molecule has 0 spiro atoms. The molecule has 0 bridgehead atoms. The molecular formula is C19H22N4O3. The van der Waals surface area contributed by atoms with E-state index in [0.29, 0.717) is 11.7 Å². The quantitative estimate of drug-likeness (QED) is 0.653. The van der Waals surface area contributed by atoms with Gasteiger partial charge in [-0.1, -0.05) is 0 Å². The molecule has 4 heterocycles. The number of hydrogen-bond acceptors (Lipinski definition) is 7. The molecule has 0 atom stereocenters. The number of hydrogen-bond donors (Lipinski definition) is 1. The monoisotopic (exact) mass is 354 g/mol. The van der Waals surface area contributed by atoms with Gasteiger partial charge in [0.2, 0.25) is 5.95 Å². The van der Waals surface area contributed by atoms with Crippen molar-refractivity contribution in [1.29, 1.82) is 0 Å². The zero-order chi connectivity index (χ0) is 17.6. The molecule has 4 rings (SSSR count). The van der Waals surface area contributed by atoms with E-state index >= 15 is 0 Å². The molecule has 1 saturated heterocycles. The first-order valence-corrected chi connectivity index (χ1v) is 8.89. The van der Waals surface area contributed by atoms with Crippen LogP contribution in [0.2, 0.25) is 0 Å². The molecule has 7 nitrogen and oxygen atoms in total. The fourth-order valence-corrected chi connectivity index (χ4v) is 3.01. The first-order valence-electron chi connectivity index (χ1n) is 8.89. The summed E-state index contributed by atoms with van der Waals surface area (Å²) < 4.78 is 16.4. The highest BCUT2D eigenvalue weighted by atomic mass is 16.5. The first-order chi connectivity index (χ1) is 12.9. The van der Waals surface area contributed by atoms with Crippen molar-refractivity contribution in [2.24, 2.45) is 0 Å². The number of rotatable bonds is 7. The van der Waals surface area contributed by atoms with Gasteiger partial charge in [0.05, 0.1) is 31.3 Å². The van der Waals surface area contributed by atoms with Crippen LogP contribution in [-0.2, 0) is 4.74 Å². The van der Waals surface area contributed by atoms with Gasteiger partial charge >= 0.3 is 0 Å². The van der Waals surface area contributed by atoms with Crippen molar-refractivity contribution in [3.05, 3.63) is 43.0 Å². The van der Waals surface area contributed by atoms with Gasteiger partial charge in [0.1, 0.15) is 11.5 Å². The van der Waals surface area contributed by atoms with E-state index in [4.69, 9.17) is 13.6 Å². The summed E-state index contributed by atoms with van der Waals surface area (Å²) in [4.78, 5) is 11.5. The molecule has 1 fully saturated rings. The number of anilines is 1. The van der Waals surface area contributed by atoms with Gasteiger partial charge in [0.25, 0.3) is 0 Å². The van der Waals surface area contributed by atoms with Crippen LogP contribution in [-0.4, -0.2) is 54.3 Å². The Bertz CT molecular complexity index is 796. The summed E-state index contributed by atoms with van der Waals surface area (Å²) in [6, 6.07) is 7.47. The van der Waals surface area contributed by atoms with Crippen molar-refractivity contribution >= 4 is 5.95 Å². The second kappa shape index (κ2) is 8.16. The lowest BCUT2D eigenvalue weighted by Crippen LogP contribution is -2.37. The molecular weight excluding hydrogens is 332 g/mol. The van der Waals surface area contributed by atoms with Crippen LogP contribution in [0.15, 0.2) is 51.8 Å². The molecule has 0 amide bonds. The average molecular weight is 354 g/mol. The molecule has 3 aromatic rings. The van der Waals surface area contributed by atoms with Crippen LogP contribution in [0.5, 0.6) is 0 Å². The summed E-state index contributed by atoms with van der Waals surface area (Å²) in [6.07, 6.45) is 6.07. The predicted molar refractivity (Wildman–Crippen MR) is 97.8 cm³/mol. The summed E-state index contributed by atoms with van der Waals surface area (Å²) in [5.74, 6) is 2.00. The van der Waals surface area contributed by atoms with E-state index in [1.807, 2.05) is 24.3 Å². The zero-order valence-corrected chi connectivity index (χ0v) is 14.6. The predicted octanol–water partition coefficient (Wildman–Crippen LogP) is 3.13. The van der Waals surface area contributed by atoms with E-state index in [0.717, 1.165) is 62.8 Å². The Morgan fingerprint density at radius 2 is 1.81 bits per heavy atom. The molecule has 0 saturated carbocycles. The third-order valence-electron chi connectivity index (χ3n) is 4.37. The van der Waals surface area contributed by atoms with Crippen LogP contribution in [0.4, 0.5) is 5.95 Å². The topological polar surface area (TPSA) is 76.6 Å². The van der Waals surface area contributed by atoms with Crippen molar-refractivity contribution < 1.29 is 13.6 Å². The van der Waals surface area contributed by atoms with Crippen molar-refractivity contribution in [2.75, 3.05) is 44.7 Å². The molecule has 1 aliphatic rings. The highest BCUT2D eigenvalue weighted by Gasteiger charge is 2.15. The Morgan fingerprint density at radius 3 is 2.54 bits per heavy atom. The van der Waals surface area contributed by atoms with Crippen molar-refractivity contribution in [2.45, 2.75) is 6.42 Å². The summed E-state index contributed by atoms with van der Waals surface area (Å²) in [6.45, 7) is 5.55. The SMILES string of the molecule is c1coc(-c2cnc(NCCCN3CCOCC3)nc2-c2ccco2)c1. The highest BCUT2D eigenvalue weighted by molar-refractivity contribution is 5.75. The third kappa shape index (κ3) is 3.95.